The zero-order chi connectivity index (χ0) is 54.5. The summed E-state index contributed by atoms with van der Waals surface area (Å²) in [6.45, 7) is 2.71. The van der Waals surface area contributed by atoms with Gasteiger partial charge in [-0.1, -0.05) is 11.6 Å². The number of carbonyl (C=O) groups excluding carboxylic acids is 3. The first kappa shape index (κ1) is 61.8. The van der Waals surface area contributed by atoms with Crippen LogP contribution < -0.4 is 26.0 Å². The number of aliphatic carboxylic acids is 2. The Kier molecular flexibility index (Phi) is 23.4. The molecule has 25 nitrogen and oxygen atoms in total. The van der Waals surface area contributed by atoms with Crippen molar-refractivity contribution >= 4 is 64.3 Å². The van der Waals surface area contributed by atoms with E-state index in [2.05, 4.69) is 9.97 Å². The van der Waals surface area contributed by atoms with Crippen LogP contribution in [0.15, 0.2) is 18.2 Å². The van der Waals surface area contributed by atoms with E-state index in [-0.39, 0.29) is 61.0 Å². The van der Waals surface area contributed by atoms with Crippen LogP contribution in [0.1, 0.15) is 42.9 Å². The first-order valence-electron chi connectivity index (χ1n) is 21.0. The first-order chi connectivity index (χ1) is 32.9. The van der Waals surface area contributed by atoms with Crippen LogP contribution in [0.25, 0.3) is 11.0 Å². The number of rotatable bonds is 20. The summed E-state index contributed by atoms with van der Waals surface area (Å²) in [5.41, 5.74) is 13.7. The molecule has 8 atom stereocenters. The Hall–Kier alpha value is -5.32. The Bertz CT molecular complexity index is 2190. The zero-order valence-electron chi connectivity index (χ0n) is 37.7. The molecule has 0 unspecified atom stereocenters. The summed E-state index contributed by atoms with van der Waals surface area (Å²) < 4.78 is 67.2. The Balaban J connectivity index is 0.00000107. The molecule has 0 saturated carbocycles. The molecular weight excluding hydrogens is 1000 g/mol. The third kappa shape index (κ3) is 16.6. The SMILES string of the molecule is CCn1c(CN(C=O)c2nc(Cl)c(N)nc2N)[n+](CC)c2ccc(C(=O)N3CCC(N(C[C@H](O)[C@@H](O)[C@H](O)[C@H](O)CO)C[C@H](O)[C@@H](O)[C@H](O)[C@H](O)CO)CC3)cc21.O=C(O)C(F)(F)F.O=C([O-])C(F)(F)F. The number of aromatic nitrogens is 4. The Morgan fingerprint density at radius 1 is 0.845 bits per heavy atom. The van der Waals surface area contributed by atoms with Gasteiger partial charge in [-0.2, -0.15) is 26.3 Å². The molecule has 0 spiro atoms. The van der Waals surface area contributed by atoms with Crippen molar-refractivity contribution in [3.63, 3.8) is 0 Å². The average molecular weight is 1060 g/mol. The number of carbonyl (C=O) groups is 4. The van der Waals surface area contributed by atoms with Crippen molar-refractivity contribution in [1.82, 2.24) is 24.3 Å². The molecule has 402 valence electrons. The van der Waals surface area contributed by atoms with Crippen LogP contribution in [0.2, 0.25) is 5.15 Å². The molecule has 0 bridgehead atoms. The van der Waals surface area contributed by atoms with Gasteiger partial charge in [-0.25, -0.2) is 23.9 Å². The quantitative estimate of drug-likeness (QED) is 0.0288. The molecule has 2 aromatic heterocycles. The van der Waals surface area contributed by atoms with Gasteiger partial charge in [-0.05, 0) is 38.8 Å². The van der Waals surface area contributed by atoms with Gasteiger partial charge in [0.1, 0.15) is 49.1 Å². The normalized spacial score (nSPS) is 16.9. The van der Waals surface area contributed by atoms with E-state index in [0.717, 1.165) is 11.0 Å². The number of hydrogen-bond donors (Lipinski definition) is 13. The fourth-order valence-corrected chi connectivity index (χ4v) is 7.29. The van der Waals surface area contributed by atoms with E-state index in [1.54, 1.807) is 17.0 Å². The molecule has 1 aromatic carbocycles. The Morgan fingerprint density at radius 2 is 1.31 bits per heavy atom. The number of amides is 2. The van der Waals surface area contributed by atoms with Crippen molar-refractivity contribution in [2.75, 3.05) is 55.8 Å². The maximum atomic E-state index is 14.0. The Morgan fingerprint density at radius 3 is 1.70 bits per heavy atom. The van der Waals surface area contributed by atoms with Gasteiger partial charge in [0, 0.05) is 43.9 Å². The largest absolute Gasteiger partial charge is 0.542 e. The third-order valence-corrected chi connectivity index (χ3v) is 11.2. The number of piperidine rings is 1. The summed E-state index contributed by atoms with van der Waals surface area (Å²) in [5.74, 6) is -5.46. The van der Waals surface area contributed by atoms with E-state index in [1.165, 1.54) is 9.80 Å². The van der Waals surface area contributed by atoms with Crippen LogP contribution in [0.3, 0.4) is 0 Å². The minimum atomic E-state index is -5.19. The highest BCUT2D eigenvalue weighted by Crippen LogP contribution is 2.27. The lowest BCUT2D eigenvalue weighted by Gasteiger charge is -2.41. The molecule has 32 heteroatoms. The number of carboxylic acids is 2. The number of fused-ring (bicyclic) bond motifs is 1. The highest BCUT2D eigenvalue weighted by molar-refractivity contribution is 6.31. The van der Waals surface area contributed by atoms with Crippen molar-refractivity contribution in [3.05, 3.63) is 34.7 Å². The molecule has 0 aliphatic carbocycles. The number of anilines is 3. The molecule has 0 radical (unpaired) electrons. The molecule has 1 aliphatic heterocycles. The van der Waals surface area contributed by atoms with Crippen LogP contribution >= 0.6 is 11.6 Å². The van der Waals surface area contributed by atoms with Crippen molar-refractivity contribution in [3.8, 4) is 0 Å². The van der Waals surface area contributed by atoms with E-state index in [9.17, 15) is 87.0 Å². The van der Waals surface area contributed by atoms with E-state index in [0.29, 0.717) is 30.9 Å². The van der Waals surface area contributed by atoms with E-state index < -0.39 is 105 Å². The smallest absolute Gasteiger partial charge is 0.490 e. The van der Waals surface area contributed by atoms with Crippen LogP contribution in [-0.4, -0.2) is 211 Å². The molecule has 15 N–H and O–H groups in total. The second-order valence-electron chi connectivity index (χ2n) is 15.6. The monoisotopic (exact) mass is 1060 g/mol. The van der Waals surface area contributed by atoms with Crippen molar-refractivity contribution < 1.29 is 111 Å². The van der Waals surface area contributed by atoms with Crippen LogP contribution in [0.5, 0.6) is 0 Å². The molecule has 1 saturated heterocycles. The zero-order valence-corrected chi connectivity index (χ0v) is 38.4. The molecule has 1 aliphatic rings. The topological polar surface area (TPSA) is 410 Å². The molecule has 1 fully saturated rings. The van der Waals surface area contributed by atoms with Gasteiger partial charge in [-0.15, -0.1) is 0 Å². The maximum Gasteiger partial charge on any atom is 0.490 e. The van der Waals surface area contributed by atoms with Crippen LogP contribution in [0, 0.1) is 0 Å². The van der Waals surface area contributed by atoms with Gasteiger partial charge in [0.25, 0.3) is 11.7 Å². The van der Waals surface area contributed by atoms with E-state index in [4.69, 9.17) is 42.9 Å². The molecular formula is C39H56ClF6N9O16. The molecule has 3 heterocycles. The number of nitrogen functional groups attached to an aromatic ring is 2. The number of halogens is 7. The van der Waals surface area contributed by atoms with Gasteiger partial charge < -0.3 is 82.4 Å². The maximum absolute atomic E-state index is 14.0. The molecule has 3 aromatic rings. The number of alkyl halides is 6. The van der Waals surface area contributed by atoms with Gasteiger partial charge in [0.15, 0.2) is 33.6 Å². The van der Waals surface area contributed by atoms with Gasteiger partial charge in [0.05, 0.1) is 38.5 Å². The predicted octanol–water partition coefficient (Wildman–Crippen LogP) is -4.55. The number of aliphatic hydroxyl groups excluding tert-OH is 10. The lowest BCUT2D eigenvalue weighted by atomic mass is 9.97. The lowest BCUT2D eigenvalue weighted by Crippen LogP contribution is -2.56. The number of nitrogens with zero attached hydrogens (tertiary/aromatic N) is 7. The average Bonchev–Trinajstić information content (AvgIpc) is 3.63. The van der Waals surface area contributed by atoms with E-state index in [1.807, 2.05) is 29.0 Å². The number of carboxylic acid groups (broad SMARTS) is 2. The van der Waals surface area contributed by atoms with Crippen molar-refractivity contribution in [1.29, 1.82) is 0 Å². The summed E-state index contributed by atoms with van der Waals surface area (Å²) in [4.78, 5) is 56.5. The summed E-state index contributed by atoms with van der Waals surface area (Å²) in [7, 11) is 0. The van der Waals surface area contributed by atoms with Crippen LogP contribution in [-0.2, 0) is 34.0 Å². The first-order valence-corrected chi connectivity index (χ1v) is 21.4. The third-order valence-electron chi connectivity index (χ3n) is 10.9. The van der Waals surface area contributed by atoms with Gasteiger partial charge in [0.2, 0.25) is 6.41 Å². The Labute approximate surface area is 403 Å². The van der Waals surface area contributed by atoms with Crippen molar-refractivity contribution in [2.45, 2.75) is 114 Å². The summed E-state index contributed by atoms with van der Waals surface area (Å²) in [5, 5.41) is 117. The second kappa shape index (κ2) is 26.9. The number of hydrogen-bond acceptors (Lipinski definition) is 20. The fraction of sp³-hybridized carbons (Fsp3) is 0.615. The molecule has 4 rings (SSSR count). The number of likely N-dealkylation sites (tertiary alicyclic amines) is 1. The highest BCUT2D eigenvalue weighted by Gasteiger charge is 2.39. The second-order valence-corrected chi connectivity index (χ2v) is 16.0. The molecule has 2 amide bonds. The van der Waals surface area contributed by atoms with Crippen LogP contribution in [0.4, 0.5) is 43.8 Å². The van der Waals surface area contributed by atoms with Gasteiger partial charge >= 0.3 is 18.3 Å². The summed E-state index contributed by atoms with van der Waals surface area (Å²) in [6, 6.07) is 4.81. The fourth-order valence-electron chi connectivity index (χ4n) is 7.17. The van der Waals surface area contributed by atoms with E-state index >= 15 is 0 Å². The standard InChI is InChI=1S/C35H55ClN9O12.2C2HF3O2/c1-3-44-20-6-5-18(11-21(20)45(4-2)26(44)14-43(17-48)34-33(38)40-32(37)31(36)39-34)35(57)41-9-7-19(8-10-41)42(12-22(49)27(53)29(55)24(51)15-46)13-23(50)28(54)30(56)25(52)16-47;2*3-2(4,5)1(6)7/h5-6,11,17,19,22-25,27-30,46-47,49-56H,3-4,7-10,12-16H2,1-2H3,(H4,37,38,40);2*(H,6,7)/q+1;;/p-1/t22-,23-,24+,25+,27+,28+,29+,30+;;/m0../s1. The number of nitrogens with two attached hydrogens (primary N) is 2. The minimum absolute atomic E-state index is 0.0325. The number of benzene rings is 1. The highest BCUT2D eigenvalue weighted by atomic mass is 35.5. The summed E-state index contributed by atoms with van der Waals surface area (Å²) in [6.07, 6.45) is -23.8. The lowest BCUT2D eigenvalue weighted by molar-refractivity contribution is -0.676. The number of aliphatic hydroxyl groups is 10. The number of aryl methyl sites for hydroxylation is 2. The summed E-state index contributed by atoms with van der Waals surface area (Å²) >= 11 is 6.09. The minimum Gasteiger partial charge on any atom is -0.542 e. The number of imidazole rings is 1. The van der Waals surface area contributed by atoms with Gasteiger partial charge in [-0.3, -0.25) is 19.4 Å². The molecule has 71 heavy (non-hydrogen) atoms. The predicted molar refractivity (Wildman–Crippen MR) is 229 cm³/mol. The van der Waals surface area contributed by atoms with Crippen molar-refractivity contribution in [2.24, 2.45) is 0 Å².